The van der Waals surface area contributed by atoms with E-state index in [0.29, 0.717) is 88.9 Å². The van der Waals surface area contributed by atoms with E-state index in [2.05, 4.69) is 20.5 Å². The number of nitrogens with one attached hydrogen (secondary N) is 2. The Balaban J connectivity index is 1.23. The Morgan fingerprint density at radius 1 is 1.04 bits per heavy atom. The number of aromatic hydroxyl groups is 1. The molecule has 4 aliphatic rings. The van der Waals surface area contributed by atoms with E-state index in [9.17, 15) is 32.7 Å². The molecule has 5 heterocycles. The number of pyridine rings is 1. The second-order valence-electron chi connectivity index (χ2n) is 22.7. The number of ether oxygens (including phenoxy) is 2. The lowest BCUT2D eigenvalue weighted by Gasteiger charge is -2.39. The number of carbonyl (C=O) groups excluding carboxylic acids is 4. The first-order valence-electron chi connectivity index (χ1n) is 26.4. The van der Waals surface area contributed by atoms with Crippen LogP contribution < -0.4 is 15.6 Å². The van der Waals surface area contributed by atoms with Gasteiger partial charge in [-0.2, -0.15) is 13.2 Å². The van der Waals surface area contributed by atoms with Crippen molar-refractivity contribution in [2.75, 3.05) is 71.7 Å². The van der Waals surface area contributed by atoms with Crippen LogP contribution in [0.25, 0.3) is 33.3 Å². The third-order valence-electron chi connectivity index (χ3n) is 15.4. The number of methoxy groups -OCH3 is 1. The molecule has 2 aromatic heterocycles. The fourth-order valence-corrected chi connectivity index (χ4v) is 11.7. The maximum absolute atomic E-state index is 15.1. The summed E-state index contributed by atoms with van der Waals surface area (Å²) in [6, 6.07) is 8.54. The first kappa shape index (κ1) is 57.2. The Morgan fingerprint density at radius 2 is 1.75 bits per heavy atom. The van der Waals surface area contributed by atoms with Crippen molar-refractivity contribution >= 4 is 50.1 Å². The van der Waals surface area contributed by atoms with Crippen molar-refractivity contribution in [2.24, 2.45) is 23.2 Å². The van der Waals surface area contributed by atoms with Crippen LogP contribution in [0.3, 0.4) is 0 Å². The highest BCUT2D eigenvalue weighted by atomic mass is 32.2. The fraction of sp³-hybridized carbons (Fsp3) is 0.554. The Morgan fingerprint density at radius 3 is 2.42 bits per heavy atom. The molecule has 1 aliphatic carbocycles. The zero-order valence-corrected chi connectivity index (χ0v) is 46.3. The molecule has 3 fully saturated rings. The molecular formula is C56H73F3N8O9S. The molecule has 1 saturated carbocycles. The van der Waals surface area contributed by atoms with Crippen molar-refractivity contribution in [1.29, 1.82) is 0 Å². The predicted octanol–water partition coefficient (Wildman–Crippen LogP) is 6.81. The summed E-state index contributed by atoms with van der Waals surface area (Å²) in [7, 11) is 1.76. The van der Waals surface area contributed by atoms with E-state index in [0.717, 1.165) is 30.4 Å². The number of anilines is 1. The number of allylic oxidation sites excluding steroid dienone is 1. The lowest BCUT2D eigenvalue weighted by Crippen LogP contribution is -2.62. The number of fused-ring (bicyclic) bond motifs is 6. The summed E-state index contributed by atoms with van der Waals surface area (Å²) >= 11 is 0. The van der Waals surface area contributed by atoms with Gasteiger partial charge in [-0.05, 0) is 110 Å². The number of hydrogen-bond donors (Lipinski definition) is 3. The quantitative estimate of drug-likeness (QED) is 0.125. The van der Waals surface area contributed by atoms with Gasteiger partial charge in [-0.15, -0.1) is 0 Å². The van der Waals surface area contributed by atoms with Crippen LogP contribution in [-0.2, 0) is 57.9 Å². The number of phenols is 1. The minimum atomic E-state index is -4.66. The summed E-state index contributed by atoms with van der Waals surface area (Å²) in [5, 5.41) is 17.3. The molecule has 3 aliphatic heterocycles. The zero-order chi connectivity index (χ0) is 55.9. The van der Waals surface area contributed by atoms with Crippen LogP contribution in [-0.4, -0.2) is 153 Å². The molecular weight excluding hydrogens is 1020 g/mol. The molecule has 0 radical (unpaired) electrons. The van der Waals surface area contributed by atoms with Gasteiger partial charge in [0.25, 0.3) is 5.91 Å². The number of halogens is 3. The molecule has 3 amide bonds. The average Bonchev–Trinajstić information content (AvgIpc) is 3.62. The minimum Gasteiger partial charge on any atom is -0.508 e. The number of esters is 1. The number of piperazine rings is 1. The Bertz CT molecular complexity index is 3020. The lowest BCUT2D eigenvalue weighted by molar-refractivity contribution is -0.155. The van der Waals surface area contributed by atoms with E-state index in [1.807, 2.05) is 27.0 Å². The van der Waals surface area contributed by atoms with E-state index in [-0.39, 0.29) is 43.6 Å². The molecule has 418 valence electrons. The number of nitrogens with zero attached hydrogens (tertiary/aromatic N) is 6. The number of likely N-dealkylation sites (N-methyl/N-ethyl adjacent to an activating group) is 2. The van der Waals surface area contributed by atoms with Crippen LogP contribution in [0, 0.1) is 23.2 Å². The zero-order valence-electron chi connectivity index (χ0n) is 45.4. The summed E-state index contributed by atoms with van der Waals surface area (Å²) in [5.41, 5.74) is 6.47. The highest BCUT2D eigenvalue weighted by Crippen LogP contribution is 2.45. The van der Waals surface area contributed by atoms with Gasteiger partial charge in [0.1, 0.15) is 30.4 Å². The molecule has 17 nitrogen and oxygen atoms in total. The summed E-state index contributed by atoms with van der Waals surface area (Å²) in [4.78, 5) is 68.0. The van der Waals surface area contributed by atoms with Gasteiger partial charge < -0.3 is 39.2 Å². The molecule has 0 unspecified atom stereocenters. The number of carbonyl (C=O) groups is 4. The van der Waals surface area contributed by atoms with Crippen molar-refractivity contribution in [2.45, 2.75) is 110 Å². The topological polar surface area (TPSA) is 196 Å². The normalized spacial score (nSPS) is 22.6. The molecule has 2 saturated heterocycles. The van der Waals surface area contributed by atoms with E-state index >= 15 is 13.2 Å². The number of amides is 3. The first-order valence-corrected chi connectivity index (χ1v) is 28.4. The second kappa shape index (κ2) is 22.7. The number of hydrazine groups is 1. The Labute approximate surface area is 449 Å². The smallest absolute Gasteiger partial charge is 0.406 e. The maximum Gasteiger partial charge on any atom is 0.406 e. The maximum atomic E-state index is 15.1. The number of hydrogen-bond acceptors (Lipinski definition) is 13. The van der Waals surface area contributed by atoms with Crippen LogP contribution in [0.5, 0.6) is 5.75 Å². The average molecular weight is 1090 g/mol. The summed E-state index contributed by atoms with van der Waals surface area (Å²) in [6.45, 7) is 10.8. The van der Waals surface area contributed by atoms with E-state index in [1.54, 1.807) is 57.3 Å². The largest absolute Gasteiger partial charge is 0.508 e. The van der Waals surface area contributed by atoms with Crippen molar-refractivity contribution < 1.29 is 55.3 Å². The van der Waals surface area contributed by atoms with Crippen LogP contribution in [0.4, 0.5) is 18.9 Å². The molecule has 2 aromatic carbocycles. The van der Waals surface area contributed by atoms with Crippen molar-refractivity contribution in [3.05, 3.63) is 77.0 Å². The van der Waals surface area contributed by atoms with E-state index in [4.69, 9.17) is 14.5 Å². The van der Waals surface area contributed by atoms with Gasteiger partial charge in [-0.25, -0.2) is 13.8 Å². The van der Waals surface area contributed by atoms with Crippen molar-refractivity contribution in [3.8, 4) is 28.1 Å². The monoisotopic (exact) mass is 1090 g/mol. The summed E-state index contributed by atoms with van der Waals surface area (Å²) in [6.07, 6.45) is 0.695. The van der Waals surface area contributed by atoms with Crippen molar-refractivity contribution in [1.82, 2.24) is 35.1 Å². The van der Waals surface area contributed by atoms with Gasteiger partial charge in [0.05, 0.1) is 36.0 Å². The number of sulfone groups is 1. The summed E-state index contributed by atoms with van der Waals surface area (Å²) in [5.74, 6) is -3.24. The summed E-state index contributed by atoms with van der Waals surface area (Å²) < 4.78 is 81.9. The minimum absolute atomic E-state index is 0.109. The fourth-order valence-electron chi connectivity index (χ4n) is 11.2. The van der Waals surface area contributed by atoms with Crippen LogP contribution in [0.2, 0.25) is 0 Å². The van der Waals surface area contributed by atoms with Gasteiger partial charge in [0, 0.05) is 92.8 Å². The first-order chi connectivity index (χ1) is 36.2. The van der Waals surface area contributed by atoms with Crippen molar-refractivity contribution in [3.63, 3.8) is 0 Å². The lowest BCUT2D eigenvalue weighted by atomic mass is 9.74. The number of aromatic nitrogens is 2. The van der Waals surface area contributed by atoms with Crippen LogP contribution in [0.15, 0.2) is 60.1 Å². The highest BCUT2D eigenvalue weighted by molar-refractivity contribution is 7.93. The molecule has 0 spiro atoms. The Kier molecular flexibility index (Phi) is 16.9. The van der Waals surface area contributed by atoms with Crippen LogP contribution >= 0.6 is 0 Å². The molecule has 3 N–H and O–H groups in total. The molecule has 21 heteroatoms. The predicted molar refractivity (Wildman–Crippen MR) is 287 cm³/mol. The Hall–Kier alpha value is -6.03. The van der Waals surface area contributed by atoms with Crippen LogP contribution in [0.1, 0.15) is 83.2 Å². The molecule has 8 rings (SSSR count). The van der Waals surface area contributed by atoms with Gasteiger partial charge in [-0.3, -0.25) is 29.2 Å². The molecule has 77 heavy (non-hydrogen) atoms. The number of benzene rings is 2. The number of phenolic OH excluding ortho intramolecular Hbond substituents is 1. The van der Waals surface area contributed by atoms with Gasteiger partial charge in [-0.1, -0.05) is 45.9 Å². The van der Waals surface area contributed by atoms with Gasteiger partial charge >= 0.3 is 12.1 Å². The number of rotatable bonds is 12. The third kappa shape index (κ3) is 13.3. The number of cyclic esters (lactones) is 1. The van der Waals surface area contributed by atoms with E-state index in [1.165, 1.54) is 40.8 Å². The SMILES string of the molecule is CO[C@@H](C)c1ncc(N2CCN(C)CC2)cc1-c1c2c3cc(ccc3n1CC(F)(F)F)-c1cc(O)cc(c1)C[C@H](NC(=O)[C@H](C(C)C)N(C)C(=O)[C@H]1C[C@H](/C=C/S(C)(=O)=O)C1)C(=O)N1CCC[C@H](N1)C(=O)OCC(C)(C)C2. The second-order valence-corrected chi connectivity index (χ2v) is 24.6. The third-order valence-corrected chi connectivity index (χ3v) is 16.1. The molecule has 4 aromatic rings. The van der Waals surface area contributed by atoms with Gasteiger partial charge in [0.15, 0.2) is 9.84 Å². The standard InChI is InChI=1S/C56H73F3N8O9S/c1-33(2)49(64(7)52(70)39-21-35(22-39)14-20-77(9,73)74)51(69)61-46-25-36-23-38(26-41(68)24-36)37-12-13-47-42(27-37)44(29-55(4,5)32-76-54(72)45-11-10-15-67(62-45)53(46)71)50(66(47)31-56(57,58)59)43-28-40(30-60-48(43)34(3)75-8)65-18-16-63(6)17-19-65/h12-14,20,23-24,26-28,30,33-35,39,45-46,49,62,68H,10-11,15-19,21-22,25,29,31-32H2,1-9H3,(H,61,69)/b20-14+/t34-,35-,39-,45-,46-,49-/m0/s1. The van der Waals surface area contributed by atoms with E-state index < -0.39 is 81.8 Å². The van der Waals surface area contributed by atoms with Gasteiger partial charge in [0.2, 0.25) is 11.8 Å². The molecule has 6 bridgehead atoms. The highest BCUT2D eigenvalue weighted by Gasteiger charge is 2.42. The molecule has 4 atom stereocenters. The number of alkyl halides is 3.